The lowest BCUT2D eigenvalue weighted by Gasteiger charge is -2.08. The molecule has 0 amide bonds. The van der Waals surface area contributed by atoms with Gasteiger partial charge in [-0.15, -0.1) is 0 Å². The molecule has 7 nitrogen and oxygen atoms in total. The Hall–Kier alpha value is -2.31. The third kappa shape index (κ3) is 3.84. The minimum Gasteiger partial charge on any atom is -0.370 e. The standard InChI is InChI=1S/C12H18N6O/c1-3-4-14-10-6-11(17-12(13)16-10)15-7-9-5-8(2)18-19-9/h5-6H,3-4,7H2,1-2H3,(H4,13,14,15,16,17). The molecule has 0 aromatic carbocycles. The molecule has 2 heterocycles. The molecule has 0 unspecified atom stereocenters. The molecule has 19 heavy (non-hydrogen) atoms. The average molecular weight is 262 g/mol. The van der Waals surface area contributed by atoms with E-state index in [2.05, 4.69) is 32.7 Å². The Balaban J connectivity index is 2.01. The molecule has 2 aromatic heterocycles. The minimum atomic E-state index is 0.234. The van der Waals surface area contributed by atoms with Gasteiger partial charge in [0.1, 0.15) is 11.6 Å². The van der Waals surface area contributed by atoms with Gasteiger partial charge in [-0.05, 0) is 13.3 Å². The highest BCUT2D eigenvalue weighted by atomic mass is 16.5. The highest BCUT2D eigenvalue weighted by Gasteiger charge is 2.04. The number of nitrogens with one attached hydrogen (secondary N) is 2. The smallest absolute Gasteiger partial charge is 0.223 e. The second kappa shape index (κ2) is 6.03. The van der Waals surface area contributed by atoms with Crippen molar-refractivity contribution in [3.63, 3.8) is 0 Å². The van der Waals surface area contributed by atoms with Gasteiger partial charge >= 0.3 is 0 Å². The number of aromatic nitrogens is 3. The number of nitrogens with two attached hydrogens (primary N) is 1. The summed E-state index contributed by atoms with van der Waals surface area (Å²) in [6.45, 7) is 5.31. The molecule has 0 spiro atoms. The van der Waals surface area contributed by atoms with Crippen molar-refractivity contribution in [3.05, 3.63) is 23.6 Å². The van der Waals surface area contributed by atoms with E-state index < -0.39 is 0 Å². The number of nitrogen functional groups attached to an aromatic ring is 1. The second-order valence-corrected chi connectivity index (χ2v) is 4.21. The van der Waals surface area contributed by atoms with Crippen molar-refractivity contribution in [2.45, 2.75) is 26.8 Å². The van der Waals surface area contributed by atoms with Crippen LogP contribution >= 0.6 is 0 Å². The monoisotopic (exact) mass is 262 g/mol. The van der Waals surface area contributed by atoms with Gasteiger partial charge in [0.25, 0.3) is 0 Å². The van der Waals surface area contributed by atoms with Gasteiger partial charge < -0.3 is 20.9 Å². The van der Waals surface area contributed by atoms with E-state index in [1.54, 1.807) is 0 Å². The molecule has 102 valence electrons. The Kier molecular flexibility index (Phi) is 4.17. The molecule has 0 saturated heterocycles. The fourth-order valence-electron chi connectivity index (χ4n) is 1.58. The maximum atomic E-state index is 5.67. The van der Waals surface area contributed by atoms with Gasteiger partial charge in [-0.3, -0.25) is 0 Å². The van der Waals surface area contributed by atoms with Gasteiger partial charge in [0, 0.05) is 18.7 Å². The number of nitrogens with zero attached hydrogens (tertiary/aromatic N) is 3. The van der Waals surface area contributed by atoms with Crippen LogP contribution < -0.4 is 16.4 Å². The van der Waals surface area contributed by atoms with Gasteiger partial charge in [-0.1, -0.05) is 12.1 Å². The first-order valence-electron chi connectivity index (χ1n) is 6.22. The summed E-state index contributed by atoms with van der Waals surface area (Å²) in [4.78, 5) is 8.23. The molecule has 2 aromatic rings. The quantitative estimate of drug-likeness (QED) is 0.729. The van der Waals surface area contributed by atoms with Crippen LogP contribution in [0.4, 0.5) is 17.6 Å². The van der Waals surface area contributed by atoms with Gasteiger partial charge in [-0.25, -0.2) is 0 Å². The summed E-state index contributed by atoms with van der Waals surface area (Å²) in [6.07, 6.45) is 1.02. The normalized spacial score (nSPS) is 10.4. The molecule has 7 heteroatoms. The van der Waals surface area contributed by atoms with Crippen LogP contribution in [0.25, 0.3) is 0 Å². The molecular formula is C12H18N6O. The predicted molar refractivity (Wildman–Crippen MR) is 73.8 cm³/mol. The summed E-state index contributed by atoms with van der Waals surface area (Å²) >= 11 is 0. The molecule has 4 N–H and O–H groups in total. The number of hydrogen-bond acceptors (Lipinski definition) is 7. The van der Waals surface area contributed by atoms with E-state index in [1.165, 1.54) is 0 Å². The third-order valence-corrected chi connectivity index (χ3v) is 2.42. The first kappa shape index (κ1) is 13.1. The Morgan fingerprint density at radius 2 is 1.95 bits per heavy atom. The van der Waals surface area contributed by atoms with Crippen molar-refractivity contribution in [1.82, 2.24) is 15.1 Å². The summed E-state index contributed by atoms with van der Waals surface area (Å²) in [7, 11) is 0. The maximum absolute atomic E-state index is 5.67. The molecule has 0 bridgehead atoms. The van der Waals surface area contributed by atoms with Crippen molar-refractivity contribution in [1.29, 1.82) is 0 Å². The maximum Gasteiger partial charge on any atom is 0.223 e. The van der Waals surface area contributed by atoms with E-state index in [1.807, 2.05) is 19.1 Å². The van der Waals surface area contributed by atoms with E-state index in [-0.39, 0.29) is 5.95 Å². The van der Waals surface area contributed by atoms with Crippen molar-refractivity contribution in [2.24, 2.45) is 0 Å². The first-order chi connectivity index (χ1) is 9.17. The highest BCUT2D eigenvalue weighted by Crippen LogP contribution is 2.14. The van der Waals surface area contributed by atoms with Crippen molar-refractivity contribution in [2.75, 3.05) is 22.9 Å². The van der Waals surface area contributed by atoms with Gasteiger partial charge in [0.2, 0.25) is 5.95 Å². The van der Waals surface area contributed by atoms with Gasteiger partial charge in [-0.2, -0.15) is 9.97 Å². The molecule has 0 radical (unpaired) electrons. The summed E-state index contributed by atoms with van der Waals surface area (Å²) in [6, 6.07) is 3.68. The first-order valence-corrected chi connectivity index (χ1v) is 6.22. The summed E-state index contributed by atoms with van der Waals surface area (Å²) in [5, 5.41) is 10.1. The SMILES string of the molecule is CCCNc1cc(NCc2cc(C)no2)nc(N)n1. The third-order valence-electron chi connectivity index (χ3n) is 2.42. The molecule has 0 saturated carbocycles. The van der Waals surface area contributed by atoms with Crippen LogP contribution in [0.2, 0.25) is 0 Å². The number of hydrogen-bond donors (Lipinski definition) is 3. The molecule has 2 rings (SSSR count). The summed E-state index contributed by atoms with van der Waals surface area (Å²) in [5.74, 6) is 2.35. The van der Waals surface area contributed by atoms with E-state index in [4.69, 9.17) is 10.3 Å². The van der Waals surface area contributed by atoms with Crippen LogP contribution in [0.1, 0.15) is 24.8 Å². The molecule has 0 aliphatic heterocycles. The van der Waals surface area contributed by atoms with Crippen LogP contribution in [0, 0.1) is 6.92 Å². The molecule has 0 aliphatic carbocycles. The van der Waals surface area contributed by atoms with E-state index in [0.717, 1.165) is 24.4 Å². The Morgan fingerprint density at radius 3 is 2.58 bits per heavy atom. The summed E-state index contributed by atoms with van der Waals surface area (Å²) < 4.78 is 5.11. The van der Waals surface area contributed by atoms with Crippen LogP contribution in [0.3, 0.4) is 0 Å². The zero-order chi connectivity index (χ0) is 13.7. The largest absolute Gasteiger partial charge is 0.370 e. The van der Waals surface area contributed by atoms with E-state index in [9.17, 15) is 0 Å². The molecule has 0 fully saturated rings. The fourth-order valence-corrected chi connectivity index (χ4v) is 1.58. The number of rotatable bonds is 6. The minimum absolute atomic E-state index is 0.234. The van der Waals surface area contributed by atoms with Crippen LogP contribution in [-0.2, 0) is 6.54 Å². The van der Waals surface area contributed by atoms with Crippen molar-refractivity contribution >= 4 is 17.6 Å². The average Bonchev–Trinajstić information content (AvgIpc) is 2.79. The fraction of sp³-hybridized carbons (Fsp3) is 0.417. The van der Waals surface area contributed by atoms with E-state index in [0.29, 0.717) is 18.2 Å². The van der Waals surface area contributed by atoms with Gasteiger partial charge in [0.15, 0.2) is 5.76 Å². The second-order valence-electron chi connectivity index (χ2n) is 4.21. The van der Waals surface area contributed by atoms with Crippen molar-refractivity contribution < 1.29 is 4.52 Å². The summed E-state index contributed by atoms with van der Waals surface area (Å²) in [5.41, 5.74) is 6.52. The number of anilines is 3. The molecule has 0 aliphatic rings. The Bertz CT molecular complexity index is 539. The molecular weight excluding hydrogens is 244 g/mol. The lowest BCUT2D eigenvalue weighted by Crippen LogP contribution is -2.08. The lowest BCUT2D eigenvalue weighted by atomic mass is 10.4. The predicted octanol–water partition coefficient (Wildman–Crippen LogP) is 1.79. The van der Waals surface area contributed by atoms with Crippen molar-refractivity contribution in [3.8, 4) is 0 Å². The Morgan fingerprint density at radius 1 is 1.21 bits per heavy atom. The highest BCUT2D eigenvalue weighted by molar-refractivity contribution is 5.51. The zero-order valence-corrected chi connectivity index (χ0v) is 11.1. The lowest BCUT2D eigenvalue weighted by molar-refractivity contribution is 0.384. The van der Waals surface area contributed by atoms with Gasteiger partial charge in [0.05, 0.1) is 12.2 Å². The Labute approximate surface area is 111 Å². The van der Waals surface area contributed by atoms with Crippen LogP contribution in [-0.4, -0.2) is 21.7 Å². The molecule has 0 atom stereocenters. The van der Waals surface area contributed by atoms with E-state index >= 15 is 0 Å². The van der Waals surface area contributed by atoms with Crippen LogP contribution in [0.5, 0.6) is 0 Å². The number of aryl methyl sites for hydroxylation is 1. The van der Waals surface area contributed by atoms with Crippen LogP contribution in [0.15, 0.2) is 16.7 Å². The zero-order valence-electron chi connectivity index (χ0n) is 11.1. The topological polar surface area (TPSA) is 102 Å².